The van der Waals surface area contributed by atoms with Crippen LogP contribution in [0.15, 0.2) is 41.4 Å². The molecule has 1 aliphatic rings. The highest BCUT2D eigenvalue weighted by Gasteiger charge is 2.32. The first kappa shape index (κ1) is 21.9. The summed E-state index contributed by atoms with van der Waals surface area (Å²) in [5.41, 5.74) is -0.533. The molecule has 0 saturated carbocycles. The van der Waals surface area contributed by atoms with Gasteiger partial charge in [-0.15, -0.1) is 0 Å². The molecule has 4 rings (SSSR count). The maximum Gasteiger partial charge on any atom is 0.416 e. The van der Waals surface area contributed by atoms with Crippen LogP contribution < -0.4 is 0 Å². The van der Waals surface area contributed by atoms with Crippen molar-refractivity contribution in [2.45, 2.75) is 32.1 Å². The summed E-state index contributed by atoms with van der Waals surface area (Å²) in [6, 6.07) is 4.14. The highest BCUT2D eigenvalue weighted by Crippen LogP contribution is 2.32. The molecule has 9 nitrogen and oxygen atoms in total. The number of alkyl halides is 3. The van der Waals surface area contributed by atoms with Crippen molar-refractivity contribution >= 4 is 5.91 Å². The summed E-state index contributed by atoms with van der Waals surface area (Å²) in [6.07, 6.45) is -1.54. The van der Waals surface area contributed by atoms with E-state index in [0.29, 0.717) is 32.1 Å². The number of benzene rings is 1. The van der Waals surface area contributed by atoms with E-state index in [-0.39, 0.29) is 23.3 Å². The van der Waals surface area contributed by atoms with Crippen molar-refractivity contribution in [3.63, 3.8) is 0 Å². The molecule has 0 N–H and O–H groups in total. The molecule has 2 aromatic heterocycles. The van der Waals surface area contributed by atoms with Gasteiger partial charge in [-0.2, -0.15) is 23.3 Å². The van der Waals surface area contributed by atoms with Gasteiger partial charge in [-0.25, -0.2) is 9.67 Å². The molecular formula is C20H22F3N7O2. The Morgan fingerprint density at radius 3 is 2.56 bits per heavy atom. The van der Waals surface area contributed by atoms with E-state index < -0.39 is 17.8 Å². The minimum absolute atomic E-state index is 0.0348. The summed E-state index contributed by atoms with van der Waals surface area (Å²) >= 11 is 0. The summed E-state index contributed by atoms with van der Waals surface area (Å²) < 4.78 is 45.8. The number of amides is 1. The van der Waals surface area contributed by atoms with Gasteiger partial charge in [0.25, 0.3) is 0 Å². The highest BCUT2D eigenvalue weighted by molar-refractivity contribution is 5.80. The second-order valence-electron chi connectivity index (χ2n) is 7.62. The van der Waals surface area contributed by atoms with Crippen LogP contribution in [0.3, 0.4) is 0 Å². The molecule has 3 aromatic rings. The summed E-state index contributed by atoms with van der Waals surface area (Å²) in [4.78, 5) is 24.7. The average Bonchev–Trinajstić information content (AvgIpc) is 3.50. The molecule has 1 saturated heterocycles. The number of piperazine rings is 1. The van der Waals surface area contributed by atoms with Crippen LogP contribution in [0.4, 0.5) is 13.2 Å². The number of rotatable bonds is 5. The van der Waals surface area contributed by atoms with Crippen molar-refractivity contribution in [3.8, 4) is 11.4 Å². The number of aromatic nitrogens is 5. The van der Waals surface area contributed by atoms with E-state index in [1.54, 1.807) is 11.8 Å². The molecule has 1 aromatic carbocycles. The number of halogens is 3. The van der Waals surface area contributed by atoms with E-state index in [0.717, 1.165) is 12.1 Å². The van der Waals surface area contributed by atoms with E-state index in [9.17, 15) is 18.0 Å². The SMILES string of the molecule is CC(c1nc(-c2cccc(C(F)(F)F)c2)no1)N1CCN(C(=O)C(C)n2cncn2)CC1. The summed E-state index contributed by atoms with van der Waals surface area (Å²) in [7, 11) is 0. The fourth-order valence-corrected chi connectivity index (χ4v) is 3.64. The normalized spacial score (nSPS) is 17.3. The molecule has 32 heavy (non-hydrogen) atoms. The molecule has 12 heteroatoms. The van der Waals surface area contributed by atoms with Gasteiger partial charge in [-0.3, -0.25) is 9.69 Å². The Labute approximate surface area is 181 Å². The second-order valence-corrected chi connectivity index (χ2v) is 7.62. The Kier molecular flexibility index (Phi) is 5.96. The smallest absolute Gasteiger partial charge is 0.338 e. The Hall–Kier alpha value is -3.28. The van der Waals surface area contributed by atoms with Gasteiger partial charge in [-0.05, 0) is 26.0 Å². The van der Waals surface area contributed by atoms with Gasteiger partial charge in [0.05, 0.1) is 11.6 Å². The first-order chi connectivity index (χ1) is 15.2. The molecule has 1 amide bonds. The lowest BCUT2D eigenvalue weighted by Gasteiger charge is -2.37. The Bertz CT molecular complexity index is 1060. The molecule has 0 aliphatic carbocycles. The maximum atomic E-state index is 13.0. The van der Waals surface area contributed by atoms with Crippen molar-refractivity contribution in [3.05, 3.63) is 48.4 Å². The van der Waals surface area contributed by atoms with Gasteiger partial charge in [0.2, 0.25) is 17.6 Å². The van der Waals surface area contributed by atoms with Crippen molar-refractivity contribution in [2.24, 2.45) is 0 Å². The predicted molar refractivity (Wildman–Crippen MR) is 106 cm³/mol. The Morgan fingerprint density at radius 2 is 1.91 bits per heavy atom. The van der Waals surface area contributed by atoms with Crippen LogP contribution in [0.1, 0.15) is 37.4 Å². The molecule has 0 radical (unpaired) electrons. The lowest BCUT2D eigenvalue weighted by molar-refractivity contribution is -0.138. The quantitative estimate of drug-likeness (QED) is 0.591. The lowest BCUT2D eigenvalue weighted by Crippen LogP contribution is -2.50. The average molecular weight is 449 g/mol. The molecule has 170 valence electrons. The standard InChI is InChI=1S/C20H22F3N7O2/c1-13(18-26-17(27-32-18)15-4-3-5-16(10-15)20(21,22)23)28-6-8-29(9-7-28)19(31)14(2)30-12-24-11-25-30/h3-5,10-14H,6-9H2,1-2H3. The molecule has 1 fully saturated rings. The lowest BCUT2D eigenvalue weighted by atomic mass is 10.1. The molecule has 0 bridgehead atoms. The summed E-state index contributed by atoms with van der Waals surface area (Å²) in [5, 5.41) is 7.88. The summed E-state index contributed by atoms with van der Waals surface area (Å²) in [5.74, 6) is 0.383. The van der Waals surface area contributed by atoms with Crippen LogP contribution in [-0.2, 0) is 11.0 Å². The van der Waals surface area contributed by atoms with Crippen molar-refractivity contribution in [2.75, 3.05) is 26.2 Å². The molecule has 0 spiro atoms. The zero-order valence-electron chi connectivity index (χ0n) is 17.5. The van der Waals surface area contributed by atoms with Gasteiger partial charge >= 0.3 is 6.18 Å². The molecular weight excluding hydrogens is 427 g/mol. The minimum Gasteiger partial charge on any atom is -0.338 e. The van der Waals surface area contributed by atoms with Gasteiger partial charge in [0.1, 0.15) is 18.7 Å². The molecule has 3 heterocycles. The molecule has 2 atom stereocenters. The van der Waals surface area contributed by atoms with Crippen LogP contribution in [0.25, 0.3) is 11.4 Å². The number of carbonyl (C=O) groups is 1. The van der Waals surface area contributed by atoms with Gasteiger partial charge < -0.3 is 9.42 Å². The van der Waals surface area contributed by atoms with Gasteiger partial charge in [0.15, 0.2) is 0 Å². The number of hydrogen-bond acceptors (Lipinski definition) is 7. The first-order valence-electron chi connectivity index (χ1n) is 10.1. The minimum atomic E-state index is -4.45. The van der Waals surface area contributed by atoms with Gasteiger partial charge in [-0.1, -0.05) is 17.3 Å². The fourth-order valence-electron chi connectivity index (χ4n) is 3.64. The largest absolute Gasteiger partial charge is 0.416 e. The highest BCUT2D eigenvalue weighted by atomic mass is 19.4. The predicted octanol–water partition coefficient (Wildman–Crippen LogP) is 2.81. The van der Waals surface area contributed by atoms with Crippen LogP contribution >= 0.6 is 0 Å². The third-order valence-corrected chi connectivity index (χ3v) is 5.61. The summed E-state index contributed by atoms with van der Waals surface area (Å²) in [6.45, 7) is 5.91. The van der Waals surface area contributed by atoms with E-state index in [4.69, 9.17) is 4.52 Å². The van der Waals surface area contributed by atoms with Crippen LogP contribution in [0, 0.1) is 0 Å². The zero-order chi connectivity index (χ0) is 22.9. The van der Waals surface area contributed by atoms with Crippen molar-refractivity contribution in [1.29, 1.82) is 0 Å². The monoisotopic (exact) mass is 449 g/mol. The van der Waals surface area contributed by atoms with E-state index in [2.05, 4.69) is 25.1 Å². The number of carbonyl (C=O) groups excluding carboxylic acids is 1. The van der Waals surface area contributed by atoms with Gasteiger partial charge in [0, 0.05) is 31.7 Å². The third kappa shape index (κ3) is 4.49. The molecule has 2 unspecified atom stereocenters. The van der Waals surface area contributed by atoms with Crippen LogP contribution in [0.2, 0.25) is 0 Å². The van der Waals surface area contributed by atoms with Crippen molar-refractivity contribution < 1.29 is 22.5 Å². The van der Waals surface area contributed by atoms with E-state index >= 15 is 0 Å². The topological polar surface area (TPSA) is 93.2 Å². The van der Waals surface area contributed by atoms with Crippen LogP contribution in [0.5, 0.6) is 0 Å². The third-order valence-electron chi connectivity index (χ3n) is 5.61. The zero-order valence-corrected chi connectivity index (χ0v) is 17.5. The number of nitrogens with zero attached hydrogens (tertiary/aromatic N) is 7. The van der Waals surface area contributed by atoms with E-state index in [1.165, 1.54) is 29.5 Å². The Balaban J connectivity index is 1.39. The fraction of sp³-hybridized carbons (Fsp3) is 0.450. The number of hydrogen-bond donors (Lipinski definition) is 0. The van der Waals surface area contributed by atoms with E-state index in [1.807, 2.05) is 6.92 Å². The molecule has 1 aliphatic heterocycles. The maximum absolute atomic E-state index is 13.0. The van der Waals surface area contributed by atoms with Crippen LogP contribution in [-0.4, -0.2) is 66.8 Å². The Morgan fingerprint density at radius 1 is 1.16 bits per heavy atom. The first-order valence-corrected chi connectivity index (χ1v) is 10.1. The van der Waals surface area contributed by atoms with Crippen molar-refractivity contribution in [1.82, 2.24) is 34.7 Å². The second kappa shape index (κ2) is 8.69.